The molecule has 40 heavy (non-hydrogen) atoms. The second-order valence-corrected chi connectivity index (χ2v) is 9.98. The number of cyclic esters (lactones) is 1. The second-order valence-electron chi connectivity index (χ2n) is 9.98. The van der Waals surface area contributed by atoms with Crippen LogP contribution in [-0.2, 0) is 24.3 Å². The number of anilines is 1. The zero-order chi connectivity index (χ0) is 27.8. The van der Waals surface area contributed by atoms with Gasteiger partial charge in [-0.3, -0.25) is 0 Å². The minimum Gasteiger partial charge on any atom is -0.493 e. The van der Waals surface area contributed by atoms with Crippen LogP contribution in [0, 0.1) is 0 Å². The number of aromatic nitrogens is 2. The molecule has 0 unspecified atom stereocenters. The van der Waals surface area contributed by atoms with Crippen molar-refractivity contribution in [3.8, 4) is 22.6 Å². The van der Waals surface area contributed by atoms with Crippen LogP contribution in [0.4, 0.5) is 5.82 Å². The van der Waals surface area contributed by atoms with Crippen LogP contribution in [-0.4, -0.2) is 42.8 Å². The maximum atomic E-state index is 12.8. The van der Waals surface area contributed by atoms with Crippen molar-refractivity contribution in [2.24, 2.45) is 0 Å². The molecule has 0 spiro atoms. The van der Waals surface area contributed by atoms with E-state index >= 15 is 0 Å². The highest BCUT2D eigenvalue weighted by Crippen LogP contribution is 2.42. The van der Waals surface area contributed by atoms with E-state index in [1.165, 1.54) is 16.5 Å². The van der Waals surface area contributed by atoms with E-state index in [-0.39, 0.29) is 12.6 Å². The molecular weight excluding hydrogens is 502 g/mol. The van der Waals surface area contributed by atoms with Crippen LogP contribution in [0.2, 0.25) is 0 Å². The summed E-state index contributed by atoms with van der Waals surface area (Å²) in [6, 6.07) is 18.5. The fraction of sp³-hybridized carbons (Fsp3) is 0.273. The van der Waals surface area contributed by atoms with Crippen LogP contribution >= 0.6 is 0 Å². The Morgan fingerprint density at radius 1 is 0.975 bits per heavy atom. The van der Waals surface area contributed by atoms with Crippen molar-refractivity contribution >= 4 is 33.5 Å². The number of carbonyl (C=O) groups is 1. The number of aryl methyl sites for hydroxylation is 1. The Bertz CT molecular complexity index is 1720. The van der Waals surface area contributed by atoms with Gasteiger partial charge >= 0.3 is 5.97 Å². The highest BCUT2D eigenvalue weighted by atomic mass is 16.5. The summed E-state index contributed by atoms with van der Waals surface area (Å²) in [6.45, 7) is 7.23. The number of fused-ring (bicyclic) bond motifs is 3. The summed E-state index contributed by atoms with van der Waals surface area (Å²) in [4.78, 5) is 20.0. The van der Waals surface area contributed by atoms with E-state index in [4.69, 9.17) is 19.2 Å². The molecule has 0 amide bonds. The zero-order valence-corrected chi connectivity index (χ0v) is 23.4. The first-order valence-electron chi connectivity index (χ1n) is 13.7. The van der Waals surface area contributed by atoms with Gasteiger partial charge in [-0.25, -0.2) is 9.78 Å². The molecule has 0 N–H and O–H groups in total. The minimum atomic E-state index is -0.313. The first-order chi connectivity index (χ1) is 19.6. The number of nitrogens with zero attached hydrogens (tertiary/aromatic N) is 3. The topological polar surface area (TPSA) is 65.8 Å². The molecular formula is C33H33N3O4. The predicted molar refractivity (Wildman–Crippen MR) is 159 cm³/mol. The van der Waals surface area contributed by atoms with E-state index in [0.717, 1.165) is 59.3 Å². The lowest BCUT2D eigenvalue weighted by molar-refractivity contribution is 0.0535. The lowest BCUT2D eigenvalue weighted by atomic mass is 9.91. The third-order valence-electron chi connectivity index (χ3n) is 7.89. The molecule has 3 aromatic carbocycles. The van der Waals surface area contributed by atoms with Gasteiger partial charge in [-0.15, -0.1) is 0 Å². The second kappa shape index (κ2) is 10.6. The molecule has 0 radical (unpaired) electrons. The number of ether oxygens (including phenoxy) is 3. The van der Waals surface area contributed by atoms with Gasteiger partial charge in [0.1, 0.15) is 12.4 Å². The SMILES string of the molecule is CCN(CCc1cn(CC)c2ccccc12)c1ccc(-c2c3c(cc4cc(OC)c(OC)cc24)COC3=O)cn1. The maximum Gasteiger partial charge on any atom is 0.339 e. The van der Waals surface area contributed by atoms with Crippen LogP contribution in [0.3, 0.4) is 0 Å². The molecule has 1 aliphatic rings. The average molecular weight is 536 g/mol. The number of esters is 1. The predicted octanol–water partition coefficient (Wildman–Crippen LogP) is 6.63. The molecule has 0 bridgehead atoms. The Kier molecular flexibility index (Phi) is 6.80. The fourth-order valence-corrected chi connectivity index (χ4v) is 5.84. The standard InChI is InChI=1S/C33H33N3O4/c1-5-35(14-13-22-19-36(6-2)27-10-8-7-9-25(22)27)30-12-11-21(18-34-30)31-26-17-29(39-4)28(38-3)16-23(26)15-24-20-40-33(37)32(24)31/h7-12,15-19H,5-6,13-14,20H2,1-4H3. The maximum absolute atomic E-state index is 12.8. The van der Waals surface area contributed by atoms with E-state index < -0.39 is 0 Å². The number of para-hydroxylation sites is 1. The Labute approximate surface area is 233 Å². The highest BCUT2D eigenvalue weighted by molar-refractivity contribution is 6.11. The number of likely N-dealkylation sites (N-methyl/N-ethyl adjacent to an activating group) is 1. The Morgan fingerprint density at radius 2 is 1.77 bits per heavy atom. The molecule has 7 heteroatoms. The quantitative estimate of drug-likeness (QED) is 0.197. The molecule has 204 valence electrons. The van der Waals surface area contributed by atoms with Crippen LogP contribution < -0.4 is 14.4 Å². The summed E-state index contributed by atoms with van der Waals surface area (Å²) >= 11 is 0. The number of carbonyl (C=O) groups excluding carboxylic acids is 1. The monoisotopic (exact) mass is 535 g/mol. The molecule has 6 rings (SSSR count). The van der Waals surface area contributed by atoms with Crippen molar-refractivity contribution in [1.29, 1.82) is 0 Å². The number of benzene rings is 3. The van der Waals surface area contributed by atoms with Gasteiger partial charge in [0, 0.05) is 59.6 Å². The summed E-state index contributed by atoms with van der Waals surface area (Å²) in [7, 11) is 3.23. The van der Waals surface area contributed by atoms with Crippen molar-refractivity contribution in [1.82, 2.24) is 9.55 Å². The smallest absolute Gasteiger partial charge is 0.339 e. The van der Waals surface area contributed by atoms with E-state index in [1.54, 1.807) is 14.2 Å². The van der Waals surface area contributed by atoms with Crippen molar-refractivity contribution < 1.29 is 19.0 Å². The summed E-state index contributed by atoms with van der Waals surface area (Å²) in [5, 5.41) is 3.16. The third kappa shape index (κ3) is 4.31. The first-order valence-corrected chi connectivity index (χ1v) is 13.7. The van der Waals surface area contributed by atoms with Gasteiger partial charge in [0.2, 0.25) is 0 Å². The highest BCUT2D eigenvalue weighted by Gasteiger charge is 2.28. The van der Waals surface area contributed by atoms with Gasteiger partial charge in [-0.1, -0.05) is 18.2 Å². The first kappa shape index (κ1) is 25.7. The van der Waals surface area contributed by atoms with E-state index in [0.29, 0.717) is 17.1 Å². The van der Waals surface area contributed by atoms with Gasteiger partial charge in [0.05, 0.1) is 19.8 Å². The Balaban J connectivity index is 1.34. The Morgan fingerprint density at radius 3 is 2.50 bits per heavy atom. The van der Waals surface area contributed by atoms with Gasteiger partial charge < -0.3 is 23.7 Å². The van der Waals surface area contributed by atoms with E-state index in [1.807, 2.05) is 36.5 Å². The lowest BCUT2D eigenvalue weighted by Crippen LogP contribution is -2.26. The molecule has 1 aliphatic heterocycles. The van der Waals surface area contributed by atoms with Crippen LogP contribution in [0.1, 0.15) is 35.3 Å². The number of hydrogen-bond donors (Lipinski definition) is 0. The molecule has 2 aromatic heterocycles. The van der Waals surface area contributed by atoms with Crippen molar-refractivity contribution in [2.45, 2.75) is 33.4 Å². The zero-order valence-electron chi connectivity index (χ0n) is 23.4. The molecule has 3 heterocycles. The van der Waals surface area contributed by atoms with Crippen LogP contribution in [0.15, 0.2) is 67.0 Å². The lowest BCUT2D eigenvalue weighted by Gasteiger charge is -2.22. The minimum absolute atomic E-state index is 0.259. The molecule has 0 saturated carbocycles. The van der Waals surface area contributed by atoms with Gasteiger partial charge in [0.25, 0.3) is 0 Å². The summed E-state index contributed by atoms with van der Waals surface area (Å²) in [6.07, 6.45) is 5.06. The van der Waals surface area contributed by atoms with E-state index in [2.05, 4.69) is 53.8 Å². The Hall–Kier alpha value is -4.52. The average Bonchev–Trinajstić information content (AvgIpc) is 3.55. The normalized spacial score (nSPS) is 12.6. The van der Waals surface area contributed by atoms with Crippen LogP contribution in [0.25, 0.3) is 32.8 Å². The largest absolute Gasteiger partial charge is 0.493 e. The third-order valence-corrected chi connectivity index (χ3v) is 7.89. The molecule has 7 nitrogen and oxygen atoms in total. The number of rotatable bonds is 9. The van der Waals surface area contributed by atoms with Crippen molar-refractivity contribution in [3.63, 3.8) is 0 Å². The molecule has 0 saturated heterocycles. The number of hydrogen-bond acceptors (Lipinski definition) is 6. The van der Waals surface area contributed by atoms with Gasteiger partial charge in [-0.2, -0.15) is 0 Å². The van der Waals surface area contributed by atoms with Gasteiger partial charge in [0.15, 0.2) is 11.5 Å². The summed E-state index contributed by atoms with van der Waals surface area (Å²) in [5.74, 6) is 1.84. The van der Waals surface area contributed by atoms with Crippen molar-refractivity contribution in [2.75, 3.05) is 32.2 Å². The van der Waals surface area contributed by atoms with Crippen molar-refractivity contribution in [3.05, 3.63) is 83.7 Å². The van der Waals surface area contributed by atoms with Gasteiger partial charge in [-0.05, 0) is 73.0 Å². The molecule has 0 aliphatic carbocycles. The molecule has 0 atom stereocenters. The fourth-order valence-electron chi connectivity index (χ4n) is 5.84. The number of pyridine rings is 1. The van der Waals surface area contributed by atoms with Crippen LogP contribution in [0.5, 0.6) is 11.5 Å². The molecule has 0 fully saturated rings. The van der Waals surface area contributed by atoms with E-state index in [9.17, 15) is 4.79 Å². The summed E-state index contributed by atoms with van der Waals surface area (Å²) in [5.41, 5.74) is 5.76. The number of methoxy groups -OCH3 is 2. The molecule has 5 aromatic rings. The summed E-state index contributed by atoms with van der Waals surface area (Å²) < 4.78 is 18.9.